The van der Waals surface area contributed by atoms with Crippen LogP contribution in [0.1, 0.15) is 29.7 Å². The van der Waals surface area contributed by atoms with E-state index in [1.54, 1.807) is 0 Å². The molecule has 0 bridgehead atoms. The molecule has 0 aliphatic heterocycles. The van der Waals surface area contributed by atoms with Gasteiger partial charge in [-0.3, -0.25) is 4.21 Å². The minimum absolute atomic E-state index is 0.0528. The second-order valence-corrected chi connectivity index (χ2v) is 7.13. The Morgan fingerprint density at radius 3 is 2.29 bits per heavy atom. The quantitative estimate of drug-likeness (QED) is 0.883. The molecule has 0 radical (unpaired) electrons. The van der Waals surface area contributed by atoms with Crippen LogP contribution < -0.4 is 5.32 Å². The number of hydrogen-bond donors (Lipinski definition) is 1. The van der Waals surface area contributed by atoms with E-state index < -0.39 is 10.8 Å². The molecule has 21 heavy (non-hydrogen) atoms. The summed E-state index contributed by atoms with van der Waals surface area (Å²) in [7, 11) is 1.01. The molecule has 0 amide bonds. The molecule has 0 heterocycles. The molecule has 112 valence electrons. The maximum atomic E-state index is 12.7. The van der Waals surface area contributed by atoms with Crippen molar-refractivity contribution in [3.05, 3.63) is 71.3 Å². The molecule has 2 aromatic carbocycles. The Morgan fingerprint density at radius 1 is 1.05 bits per heavy atom. The zero-order valence-electron chi connectivity index (χ0n) is 12.9. The van der Waals surface area contributed by atoms with Crippen molar-refractivity contribution in [2.75, 3.05) is 7.05 Å². The van der Waals surface area contributed by atoms with Crippen LogP contribution in [0, 0.1) is 6.92 Å². The van der Waals surface area contributed by atoms with Crippen LogP contribution in [0.25, 0.3) is 0 Å². The lowest BCUT2D eigenvalue weighted by Crippen LogP contribution is -2.31. The van der Waals surface area contributed by atoms with Gasteiger partial charge in [0.15, 0.2) is 0 Å². The molecule has 1 N–H and O–H groups in total. The Labute approximate surface area is 130 Å². The number of aryl methyl sites for hydroxylation is 1. The zero-order valence-corrected chi connectivity index (χ0v) is 13.7. The van der Waals surface area contributed by atoms with Gasteiger partial charge in [0.1, 0.15) is 0 Å². The largest absolute Gasteiger partial charge is 0.312 e. The van der Waals surface area contributed by atoms with Gasteiger partial charge in [-0.25, -0.2) is 0 Å². The maximum absolute atomic E-state index is 12.7. The number of rotatable bonds is 6. The van der Waals surface area contributed by atoms with Crippen LogP contribution in [0.5, 0.6) is 0 Å². The van der Waals surface area contributed by atoms with Gasteiger partial charge in [0.25, 0.3) is 0 Å². The van der Waals surface area contributed by atoms with E-state index in [2.05, 4.69) is 43.4 Å². The first-order chi connectivity index (χ1) is 10.1. The Morgan fingerprint density at radius 2 is 1.67 bits per heavy atom. The van der Waals surface area contributed by atoms with Crippen molar-refractivity contribution < 1.29 is 4.21 Å². The van der Waals surface area contributed by atoms with Crippen LogP contribution in [-0.2, 0) is 16.6 Å². The summed E-state index contributed by atoms with van der Waals surface area (Å²) < 4.78 is 12.7. The zero-order chi connectivity index (χ0) is 15.2. The number of benzene rings is 2. The molecule has 0 aliphatic carbocycles. The summed E-state index contributed by atoms with van der Waals surface area (Å²) >= 11 is 0. The van der Waals surface area contributed by atoms with Crippen LogP contribution in [0.15, 0.2) is 54.6 Å². The SMILES string of the molecule is CNC(c1ccccc1)C(C)S(=O)Cc1ccccc1C. The highest BCUT2D eigenvalue weighted by atomic mass is 32.2. The fraction of sp³-hybridized carbons (Fsp3) is 0.333. The third kappa shape index (κ3) is 4.02. The van der Waals surface area contributed by atoms with Crippen molar-refractivity contribution in [1.82, 2.24) is 5.32 Å². The molecule has 2 aromatic rings. The van der Waals surface area contributed by atoms with Crippen molar-refractivity contribution in [2.24, 2.45) is 0 Å². The molecule has 0 saturated carbocycles. The summed E-state index contributed by atoms with van der Waals surface area (Å²) in [6.07, 6.45) is 0. The Kier molecular flexibility index (Phi) is 5.71. The lowest BCUT2D eigenvalue weighted by molar-refractivity contribution is 0.569. The molecular weight excluding hydrogens is 278 g/mol. The first-order valence-corrected chi connectivity index (χ1v) is 8.65. The summed E-state index contributed by atoms with van der Waals surface area (Å²) in [5, 5.41) is 3.36. The Balaban J connectivity index is 2.13. The molecule has 3 heteroatoms. The fourth-order valence-corrected chi connectivity index (χ4v) is 4.03. The van der Waals surface area contributed by atoms with E-state index in [0.29, 0.717) is 5.75 Å². The number of hydrogen-bond acceptors (Lipinski definition) is 2. The molecule has 0 aromatic heterocycles. The second kappa shape index (κ2) is 7.53. The monoisotopic (exact) mass is 301 g/mol. The predicted octanol–water partition coefficient (Wildman–Crippen LogP) is 3.59. The summed E-state index contributed by atoms with van der Waals surface area (Å²) in [6, 6.07) is 18.5. The van der Waals surface area contributed by atoms with E-state index in [4.69, 9.17) is 0 Å². The molecule has 3 atom stereocenters. The fourth-order valence-electron chi connectivity index (χ4n) is 2.54. The average Bonchev–Trinajstić information content (AvgIpc) is 2.51. The van der Waals surface area contributed by atoms with Crippen LogP contribution in [0.3, 0.4) is 0 Å². The third-order valence-corrected chi connectivity index (χ3v) is 5.61. The Hall–Kier alpha value is -1.45. The van der Waals surface area contributed by atoms with Crippen molar-refractivity contribution in [2.45, 2.75) is 30.9 Å². The molecule has 0 aliphatic rings. The molecule has 3 unspecified atom stereocenters. The van der Waals surface area contributed by atoms with Crippen molar-refractivity contribution in [3.8, 4) is 0 Å². The third-order valence-electron chi connectivity index (χ3n) is 3.91. The van der Waals surface area contributed by atoms with Crippen molar-refractivity contribution in [3.63, 3.8) is 0 Å². The van der Waals surface area contributed by atoms with Crippen molar-refractivity contribution in [1.29, 1.82) is 0 Å². The summed E-state index contributed by atoms with van der Waals surface area (Å²) in [4.78, 5) is 0. The maximum Gasteiger partial charge on any atom is 0.0518 e. The molecular formula is C18H23NOS. The first kappa shape index (κ1) is 15.9. The minimum Gasteiger partial charge on any atom is -0.312 e. The summed E-state index contributed by atoms with van der Waals surface area (Å²) in [5.74, 6) is 0.610. The second-order valence-electron chi connectivity index (χ2n) is 5.33. The van der Waals surface area contributed by atoms with E-state index in [-0.39, 0.29) is 11.3 Å². The smallest absolute Gasteiger partial charge is 0.0518 e. The van der Waals surface area contributed by atoms with Gasteiger partial charge in [0, 0.05) is 22.6 Å². The topological polar surface area (TPSA) is 29.1 Å². The average molecular weight is 301 g/mol. The van der Waals surface area contributed by atoms with E-state index in [1.807, 2.05) is 37.4 Å². The van der Waals surface area contributed by atoms with Crippen LogP contribution in [-0.4, -0.2) is 16.5 Å². The van der Waals surface area contributed by atoms with E-state index in [1.165, 1.54) is 16.7 Å². The van der Waals surface area contributed by atoms with Crippen LogP contribution in [0.2, 0.25) is 0 Å². The van der Waals surface area contributed by atoms with E-state index in [0.717, 1.165) is 0 Å². The van der Waals surface area contributed by atoms with Gasteiger partial charge in [0.2, 0.25) is 0 Å². The van der Waals surface area contributed by atoms with Crippen molar-refractivity contribution >= 4 is 10.8 Å². The lowest BCUT2D eigenvalue weighted by atomic mass is 10.0. The summed E-state index contributed by atoms with van der Waals surface area (Å²) in [5.41, 5.74) is 3.56. The van der Waals surface area contributed by atoms with Crippen LogP contribution >= 0.6 is 0 Å². The predicted molar refractivity (Wildman–Crippen MR) is 90.7 cm³/mol. The van der Waals surface area contributed by atoms with Gasteiger partial charge in [0.05, 0.1) is 5.25 Å². The molecule has 2 rings (SSSR count). The highest BCUT2D eigenvalue weighted by Crippen LogP contribution is 2.22. The standard InChI is InChI=1S/C18H23NOS/c1-14-9-7-8-12-17(14)13-21(20)15(2)18(19-3)16-10-5-4-6-11-16/h4-12,15,18-19H,13H2,1-3H3. The van der Waals surface area contributed by atoms with E-state index in [9.17, 15) is 4.21 Å². The van der Waals surface area contributed by atoms with Gasteiger partial charge in [-0.15, -0.1) is 0 Å². The molecule has 0 saturated heterocycles. The van der Waals surface area contributed by atoms with Gasteiger partial charge >= 0.3 is 0 Å². The van der Waals surface area contributed by atoms with Gasteiger partial charge in [-0.2, -0.15) is 0 Å². The minimum atomic E-state index is -0.919. The normalized spacial score (nSPS) is 15.4. The first-order valence-electron chi connectivity index (χ1n) is 7.27. The van der Waals surface area contributed by atoms with Gasteiger partial charge in [-0.1, -0.05) is 54.6 Å². The lowest BCUT2D eigenvalue weighted by Gasteiger charge is -2.24. The molecule has 2 nitrogen and oxygen atoms in total. The van der Waals surface area contributed by atoms with Gasteiger partial charge < -0.3 is 5.32 Å². The highest BCUT2D eigenvalue weighted by molar-refractivity contribution is 7.84. The van der Waals surface area contributed by atoms with Crippen LogP contribution in [0.4, 0.5) is 0 Å². The Bertz CT molecular complexity index is 597. The van der Waals surface area contributed by atoms with E-state index >= 15 is 0 Å². The number of nitrogens with one attached hydrogen (secondary N) is 1. The van der Waals surface area contributed by atoms with Gasteiger partial charge in [-0.05, 0) is 37.6 Å². The highest BCUT2D eigenvalue weighted by Gasteiger charge is 2.23. The molecule has 0 spiro atoms. The summed E-state index contributed by atoms with van der Waals surface area (Å²) in [6.45, 7) is 4.13. The molecule has 0 fully saturated rings.